The van der Waals surface area contributed by atoms with E-state index in [0.717, 1.165) is 19.2 Å². The maximum atomic E-state index is 12.6. The minimum absolute atomic E-state index is 0.113. The molecule has 6 heteroatoms. The summed E-state index contributed by atoms with van der Waals surface area (Å²) in [5.74, 6) is -1.56. The van der Waals surface area contributed by atoms with Crippen LogP contribution < -0.4 is 4.74 Å². The second-order valence-corrected chi connectivity index (χ2v) is 3.53. The molecule has 1 rings (SSSR count). The number of Topliss-reactive ketones (excluding diaryl/α,β-unsaturated/α-hetero) is 1. The van der Waals surface area contributed by atoms with Crippen molar-refractivity contribution in [3.05, 3.63) is 23.3 Å². The molecule has 0 saturated heterocycles. The van der Waals surface area contributed by atoms with Crippen LogP contribution in [0.2, 0.25) is 0 Å². The van der Waals surface area contributed by atoms with Crippen LogP contribution in [0.4, 0.5) is 13.2 Å². The Bertz CT molecular complexity index is 438. The van der Waals surface area contributed by atoms with Gasteiger partial charge in [0.15, 0.2) is 11.5 Å². The molecule has 0 fully saturated rings. The molecule has 0 amide bonds. The number of hydrogen-bond donors (Lipinski definition) is 1. The van der Waals surface area contributed by atoms with Gasteiger partial charge in [-0.3, -0.25) is 4.79 Å². The molecule has 1 aromatic rings. The third-order valence-electron chi connectivity index (χ3n) is 2.16. The zero-order valence-corrected chi connectivity index (χ0v) is 9.26. The molecule has 0 radical (unpaired) electrons. The first-order valence-electron chi connectivity index (χ1n) is 4.72. The van der Waals surface area contributed by atoms with E-state index in [2.05, 4.69) is 4.74 Å². The summed E-state index contributed by atoms with van der Waals surface area (Å²) < 4.78 is 42.2. The molecular weight excluding hydrogens is 237 g/mol. The van der Waals surface area contributed by atoms with Crippen LogP contribution in [0, 0.1) is 0 Å². The van der Waals surface area contributed by atoms with Crippen LogP contribution in [0.1, 0.15) is 18.1 Å². The highest BCUT2D eigenvalue weighted by atomic mass is 19.4. The van der Waals surface area contributed by atoms with Crippen molar-refractivity contribution in [3.63, 3.8) is 0 Å². The Balaban J connectivity index is 3.32. The van der Waals surface area contributed by atoms with Gasteiger partial charge in [-0.05, 0) is 13.0 Å². The predicted octanol–water partition coefficient (Wildman–Crippen LogP) is 2.55. The Labute approximate surface area is 95.8 Å². The van der Waals surface area contributed by atoms with Crippen LogP contribution in [0.25, 0.3) is 0 Å². The maximum absolute atomic E-state index is 12.6. The number of benzene rings is 1. The maximum Gasteiger partial charge on any atom is 0.420 e. The van der Waals surface area contributed by atoms with Crippen LogP contribution in [0.5, 0.6) is 11.5 Å². The van der Waals surface area contributed by atoms with E-state index in [4.69, 9.17) is 0 Å². The number of rotatable bonds is 3. The second-order valence-electron chi connectivity index (χ2n) is 3.53. The van der Waals surface area contributed by atoms with Gasteiger partial charge in [-0.2, -0.15) is 13.2 Å². The zero-order chi connectivity index (χ0) is 13.2. The zero-order valence-electron chi connectivity index (χ0n) is 9.26. The van der Waals surface area contributed by atoms with E-state index in [0.29, 0.717) is 0 Å². The van der Waals surface area contributed by atoms with Gasteiger partial charge in [-0.25, -0.2) is 0 Å². The second kappa shape index (κ2) is 4.65. The van der Waals surface area contributed by atoms with Crippen LogP contribution in [-0.4, -0.2) is 18.0 Å². The summed E-state index contributed by atoms with van der Waals surface area (Å²) in [7, 11) is 1.03. The van der Waals surface area contributed by atoms with Gasteiger partial charge in [-0.15, -0.1) is 0 Å². The number of methoxy groups -OCH3 is 1. The van der Waals surface area contributed by atoms with Crippen LogP contribution >= 0.6 is 0 Å². The fourth-order valence-corrected chi connectivity index (χ4v) is 1.45. The summed E-state index contributed by atoms with van der Waals surface area (Å²) in [6, 6.07) is 1.86. The standard InChI is InChI=1S/C11H11F3O3/c1-6(15)5-7-3-4-8(11(12,13)14)10(17-2)9(7)16/h3-4,16H,5H2,1-2H3. The average Bonchev–Trinajstić information content (AvgIpc) is 2.18. The minimum Gasteiger partial charge on any atom is -0.504 e. The van der Waals surface area contributed by atoms with Gasteiger partial charge in [0, 0.05) is 12.0 Å². The third kappa shape index (κ3) is 2.89. The molecular formula is C11H11F3O3. The van der Waals surface area contributed by atoms with Gasteiger partial charge in [0.2, 0.25) is 0 Å². The van der Waals surface area contributed by atoms with Crippen molar-refractivity contribution in [1.29, 1.82) is 0 Å². The van der Waals surface area contributed by atoms with Gasteiger partial charge in [0.25, 0.3) is 0 Å². The molecule has 0 heterocycles. The van der Waals surface area contributed by atoms with E-state index in [9.17, 15) is 23.1 Å². The van der Waals surface area contributed by atoms with Crippen molar-refractivity contribution in [3.8, 4) is 11.5 Å². The van der Waals surface area contributed by atoms with E-state index in [1.165, 1.54) is 6.92 Å². The average molecular weight is 248 g/mol. The lowest BCUT2D eigenvalue weighted by atomic mass is 10.0. The van der Waals surface area contributed by atoms with E-state index < -0.39 is 23.2 Å². The number of carbonyl (C=O) groups is 1. The summed E-state index contributed by atoms with van der Waals surface area (Å²) in [6.45, 7) is 1.28. The van der Waals surface area contributed by atoms with E-state index in [1.807, 2.05) is 0 Å². The van der Waals surface area contributed by atoms with Gasteiger partial charge in [0.1, 0.15) is 11.3 Å². The molecule has 0 aliphatic carbocycles. The Morgan fingerprint density at radius 3 is 2.41 bits per heavy atom. The molecule has 17 heavy (non-hydrogen) atoms. The summed E-state index contributed by atoms with van der Waals surface area (Å²) >= 11 is 0. The van der Waals surface area contributed by atoms with Crippen molar-refractivity contribution >= 4 is 5.78 Å². The van der Waals surface area contributed by atoms with E-state index in [1.54, 1.807) is 0 Å². The van der Waals surface area contributed by atoms with Crippen molar-refractivity contribution in [1.82, 2.24) is 0 Å². The third-order valence-corrected chi connectivity index (χ3v) is 2.16. The van der Waals surface area contributed by atoms with Gasteiger partial charge >= 0.3 is 6.18 Å². The number of ether oxygens (including phenoxy) is 1. The number of hydrogen-bond acceptors (Lipinski definition) is 3. The molecule has 1 N–H and O–H groups in total. The van der Waals surface area contributed by atoms with Gasteiger partial charge in [0.05, 0.1) is 7.11 Å². The molecule has 0 aromatic heterocycles. The van der Waals surface area contributed by atoms with Crippen molar-refractivity contribution < 1.29 is 27.8 Å². The summed E-state index contributed by atoms with van der Waals surface area (Å²) in [4.78, 5) is 10.9. The highest BCUT2D eigenvalue weighted by Crippen LogP contribution is 2.42. The number of phenols is 1. The van der Waals surface area contributed by atoms with Crippen molar-refractivity contribution in [2.45, 2.75) is 19.5 Å². The molecule has 0 saturated carbocycles. The Kier molecular flexibility index (Phi) is 3.65. The summed E-state index contributed by atoms with van der Waals surface area (Å²) in [5, 5.41) is 9.60. The van der Waals surface area contributed by atoms with E-state index in [-0.39, 0.29) is 17.8 Å². The van der Waals surface area contributed by atoms with Crippen LogP contribution in [0.15, 0.2) is 12.1 Å². The molecule has 94 valence electrons. The quantitative estimate of drug-likeness (QED) is 0.894. The lowest BCUT2D eigenvalue weighted by molar-refractivity contribution is -0.138. The Hall–Kier alpha value is -1.72. The normalized spacial score (nSPS) is 11.4. The number of aromatic hydroxyl groups is 1. The smallest absolute Gasteiger partial charge is 0.420 e. The number of halogens is 3. The number of ketones is 1. The first-order valence-corrected chi connectivity index (χ1v) is 4.72. The summed E-state index contributed by atoms with van der Waals surface area (Å²) in [5.41, 5.74) is -0.952. The summed E-state index contributed by atoms with van der Waals surface area (Å²) in [6.07, 6.45) is -4.75. The predicted molar refractivity (Wildman–Crippen MR) is 54.0 cm³/mol. The topological polar surface area (TPSA) is 46.5 Å². The Morgan fingerprint density at radius 2 is 2.00 bits per heavy atom. The van der Waals surface area contributed by atoms with Crippen molar-refractivity contribution in [2.75, 3.05) is 7.11 Å². The molecule has 1 aromatic carbocycles. The van der Waals surface area contributed by atoms with E-state index >= 15 is 0 Å². The molecule has 0 unspecified atom stereocenters. The fourth-order valence-electron chi connectivity index (χ4n) is 1.45. The minimum atomic E-state index is -4.61. The monoisotopic (exact) mass is 248 g/mol. The largest absolute Gasteiger partial charge is 0.504 e. The first-order chi connectivity index (χ1) is 7.77. The molecule has 3 nitrogen and oxygen atoms in total. The molecule has 0 atom stereocenters. The van der Waals surface area contributed by atoms with Crippen LogP contribution in [0.3, 0.4) is 0 Å². The Morgan fingerprint density at radius 1 is 1.41 bits per heavy atom. The first kappa shape index (κ1) is 13.3. The number of alkyl halides is 3. The highest BCUT2D eigenvalue weighted by Gasteiger charge is 2.36. The lowest BCUT2D eigenvalue weighted by Gasteiger charge is -2.15. The lowest BCUT2D eigenvalue weighted by Crippen LogP contribution is -2.09. The number of carbonyl (C=O) groups excluding carboxylic acids is 1. The molecule has 0 bridgehead atoms. The van der Waals surface area contributed by atoms with Crippen molar-refractivity contribution in [2.24, 2.45) is 0 Å². The number of phenolic OH excluding ortho intramolecular Hbond substituents is 1. The van der Waals surface area contributed by atoms with Gasteiger partial charge < -0.3 is 9.84 Å². The molecule has 0 spiro atoms. The SMILES string of the molecule is COc1c(C(F)(F)F)ccc(CC(C)=O)c1O. The van der Waals surface area contributed by atoms with Gasteiger partial charge in [-0.1, -0.05) is 6.07 Å². The fraction of sp³-hybridized carbons (Fsp3) is 0.364. The highest BCUT2D eigenvalue weighted by molar-refractivity contribution is 5.79. The molecule has 0 aliphatic rings. The van der Waals surface area contributed by atoms with Crippen LogP contribution in [-0.2, 0) is 17.4 Å². The molecule has 0 aliphatic heterocycles.